The Labute approximate surface area is 137 Å². The van der Waals surface area contributed by atoms with E-state index in [1.165, 1.54) is 0 Å². The molecule has 1 amide bonds. The number of rotatable bonds is 6. The molecule has 128 valence electrons. The summed E-state index contributed by atoms with van der Waals surface area (Å²) >= 11 is 0. The number of nitrogens with one attached hydrogen (secondary N) is 2. The van der Waals surface area contributed by atoms with Crippen molar-refractivity contribution in [3.05, 3.63) is 29.8 Å². The first-order valence-corrected chi connectivity index (χ1v) is 8.04. The molecule has 0 bridgehead atoms. The molecule has 2 rings (SSSR count). The lowest BCUT2D eigenvalue weighted by Crippen LogP contribution is -2.55. The molecule has 0 saturated carbocycles. The van der Waals surface area contributed by atoms with Crippen molar-refractivity contribution >= 4 is 5.91 Å². The normalized spacial score (nSPS) is 22.7. The molecule has 23 heavy (non-hydrogen) atoms. The predicted octanol–water partition coefficient (Wildman–Crippen LogP) is 1.00. The van der Waals surface area contributed by atoms with Gasteiger partial charge >= 0.3 is 0 Å². The summed E-state index contributed by atoms with van der Waals surface area (Å²) < 4.78 is 11.0. The molecule has 1 aliphatic rings. The Bertz CT molecular complexity index is 504. The van der Waals surface area contributed by atoms with Crippen LogP contribution in [0, 0.1) is 0 Å². The number of amides is 1. The van der Waals surface area contributed by atoms with Crippen LogP contribution in [0.1, 0.15) is 32.4 Å². The number of aliphatic hydroxyl groups is 1. The topological polar surface area (TPSA) is 79.8 Å². The first kappa shape index (κ1) is 17.7. The van der Waals surface area contributed by atoms with Crippen molar-refractivity contribution in [1.29, 1.82) is 0 Å². The quantitative estimate of drug-likeness (QED) is 0.728. The maximum Gasteiger partial charge on any atom is 0.239 e. The predicted molar refractivity (Wildman–Crippen MR) is 87.4 cm³/mol. The number of aliphatic hydroxyl groups excluding tert-OH is 1. The second-order valence-electron chi connectivity index (χ2n) is 6.00. The zero-order valence-electron chi connectivity index (χ0n) is 13.9. The molecule has 1 aliphatic heterocycles. The van der Waals surface area contributed by atoms with Crippen molar-refractivity contribution in [3.8, 4) is 5.75 Å². The molecule has 1 saturated heterocycles. The van der Waals surface area contributed by atoms with Crippen molar-refractivity contribution in [2.45, 2.75) is 45.1 Å². The molecular weight excluding hydrogens is 296 g/mol. The largest absolute Gasteiger partial charge is 0.491 e. The van der Waals surface area contributed by atoms with Gasteiger partial charge in [0.2, 0.25) is 5.91 Å². The molecule has 1 aromatic rings. The van der Waals surface area contributed by atoms with Crippen molar-refractivity contribution in [2.24, 2.45) is 0 Å². The van der Waals surface area contributed by atoms with E-state index in [-0.39, 0.29) is 30.7 Å². The average molecular weight is 322 g/mol. The highest BCUT2D eigenvalue weighted by Gasteiger charge is 2.28. The highest BCUT2D eigenvalue weighted by atomic mass is 16.5. The number of morpholine rings is 1. The van der Waals surface area contributed by atoms with Crippen LogP contribution in [0.4, 0.5) is 0 Å². The molecule has 1 fully saturated rings. The fourth-order valence-electron chi connectivity index (χ4n) is 2.49. The number of ether oxygens (including phenoxy) is 2. The monoisotopic (exact) mass is 322 g/mol. The van der Waals surface area contributed by atoms with Gasteiger partial charge in [-0.1, -0.05) is 12.1 Å². The van der Waals surface area contributed by atoms with Crippen molar-refractivity contribution in [3.63, 3.8) is 0 Å². The fourth-order valence-corrected chi connectivity index (χ4v) is 2.49. The van der Waals surface area contributed by atoms with Crippen LogP contribution in [-0.2, 0) is 9.53 Å². The maximum absolute atomic E-state index is 12.1. The summed E-state index contributed by atoms with van der Waals surface area (Å²) in [5.74, 6) is 0.605. The Morgan fingerprint density at radius 3 is 2.74 bits per heavy atom. The maximum atomic E-state index is 12.1. The van der Waals surface area contributed by atoms with Crippen LogP contribution in [0.3, 0.4) is 0 Å². The van der Waals surface area contributed by atoms with Crippen LogP contribution >= 0.6 is 0 Å². The molecule has 1 heterocycles. The van der Waals surface area contributed by atoms with Crippen molar-refractivity contribution in [1.82, 2.24) is 10.6 Å². The molecule has 1 aromatic carbocycles. The van der Waals surface area contributed by atoms with Crippen LogP contribution in [0.15, 0.2) is 24.3 Å². The summed E-state index contributed by atoms with van der Waals surface area (Å²) in [6.07, 6.45) is -0.822. The summed E-state index contributed by atoms with van der Waals surface area (Å²) in [5, 5.41) is 16.1. The Kier molecular flexibility index (Phi) is 6.38. The smallest absolute Gasteiger partial charge is 0.239 e. The van der Waals surface area contributed by atoms with Gasteiger partial charge in [-0.2, -0.15) is 0 Å². The molecular formula is C17H26N2O4. The number of benzene rings is 1. The standard InChI is InChI=1S/C17H26N2O4/c1-11(2)23-14-6-4-13(5-7-14)15(20)10-19-17(21)16-12(3)22-9-8-18-16/h4-7,11-12,15-16,18,20H,8-10H2,1-3H3,(H,19,21)/t12-,15?,16+/m1/s1. The Hall–Kier alpha value is -1.63. The van der Waals surface area contributed by atoms with E-state index in [2.05, 4.69) is 10.6 Å². The van der Waals surface area contributed by atoms with Crippen molar-refractivity contribution < 1.29 is 19.4 Å². The molecule has 0 spiro atoms. The second-order valence-corrected chi connectivity index (χ2v) is 6.00. The zero-order chi connectivity index (χ0) is 16.8. The minimum Gasteiger partial charge on any atom is -0.491 e. The van der Waals surface area contributed by atoms with Gasteiger partial charge in [-0.25, -0.2) is 0 Å². The molecule has 0 aromatic heterocycles. The van der Waals surface area contributed by atoms with Crippen LogP contribution < -0.4 is 15.4 Å². The van der Waals surface area contributed by atoms with Crippen LogP contribution in [0.5, 0.6) is 5.75 Å². The van der Waals surface area contributed by atoms with E-state index in [0.29, 0.717) is 13.2 Å². The third-order valence-electron chi connectivity index (χ3n) is 3.71. The molecule has 3 atom stereocenters. The Balaban J connectivity index is 1.84. The Morgan fingerprint density at radius 1 is 1.43 bits per heavy atom. The van der Waals surface area contributed by atoms with E-state index < -0.39 is 6.10 Å². The first-order chi connectivity index (χ1) is 11.0. The fraction of sp³-hybridized carbons (Fsp3) is 0.588. The van der Waals surface area contributed by atoms with E-state index in [0.717, 1.165) is 11.3 Å². The van der Waals surface area contributed by atoms with Gasteiger partial charge in [-0.15, -0.1) is 0 Å². The van der Waals surface area contributed by atoms with Gasteiger partial charge in [-0.3, -0.25) is 4.79 Å². The third kappa shape index (κ3) is 5.20. The minimum atomic E-state index is -0.758. The van der Waals surface area contributed by atoms with E-state index in [9.17, 15) is 9.90 Å². The molecule has 1 unspecified atom stereocenters. The first-order valence-electron chi connectivity index (χ1n) is 8.04. The average Bonchev–Trinajstić information content (AvgIpc) is 2.53. The van der Waals surface area contributed by atoms with Gasteiger partial charge in [0.25, 0.3) is 0 Å². The Morgan fingerprint density at radius 2 is 2.13 bits per heavy atom. The summed E-state index contributed by atoms with van der Waals surface area (Å²) in [6, 6.07) is 6.87. The van der Waals surface area contributed by atoms with Crippen LogP contribution in [0.2, 0.25) is 0 Å². The van der Waals surface area contributed by atoms with Gasteiger partial charge in [0, 0.05) is 13.1 Å². The second kappa shape index (κ2) is 8.29. The zero-order valence-corrected chi connectivity index (χ0v) is 13.9. The van der Waals surface area contributed by atoms with Gasteiger partial charge in [0.15, 0.2) is 0 Å². The lowest BCUT2D eigenvalue weighted by molar-refractivity contribution is -0.129. The number of hydrogen-bond acceptors (Lipinski definition) is 5. The number of hydrogen-bond donors (Lipinski definition) is 3. The van der Waals surface area contributed by atoms with Gasteiger partial charge in [0.1, 0.15) is 11.8 Å². The highest BCUT2D eigenvalue weighted by molar-refractivity contribution is 5.82. The van der Waals surface area contributed by atoms with Gasteiger partial charge < -0.3 is 25.2 Å². The lowest BCUT2D eigenvalue weighted by Gasteiger charge is -2.29. The summed E-state index contributed by atoms with van der Waals surface area (Å²) in [7, 11) is 0. The van der Waals surface area contributed by atoms with Crippen LogP contribution in [0.25, 0.3) is 0 Å². The minimum absolute atomic E-state index is 0.109. The van der Waals surface area contributed by atoms with E-state index in [1.54, 1.807) is 12.1 Å². The van der Waals surface area contributed by atoms with E-state index >= 15 is 0 Å². The molecule has 0 aliphatic carbocycles. The summed E-state index contributed by atoms with van der Waals surface area (Å²) in [5.41, 5.74) is 0.738. The van der Waals surface area contributed by atoms with E-state index in [1.807, 2.05) is 32.9 Å². The van der Waals surface area contributed by atoms with E-state index in [4.69, 9.17) is 9.47 Å². The highest BCUT2D eigenvalue weighted by Crippen LogP contribution is 2.18. The lowest BCUT2D eigenvalue weighted by atomic mass is 10.1. The summed E-state index contributed by atoms with van der Waals surface area (Å²) in [6.45, 7) is 7.21. The van der Waals surface area contributed by atoms with Crippen molar-refractivity contribution in [2.75, 3.05) is 19.7 Å². The molecule has 6 heteroatoms. The molecule has 6 nitrogen and oxygen atoms in total. The van der Waals surface area contributed by atoms with Gasteiger partial charge in [-0.05, 0) is 38.5 Å². The third-order valence-corrected chi connectivity index (χ3v) is 3.71. The van der Waals surface area contributed by atoms with Crippen LogP contribution in [-0.4, -0.2) is 49.0 Å². The SMILES string of the molecule is CC(C)Oc1ccc(C(O)CNC(=O)[C@H]2NCCO[C@@H]2C)cc1. The number of carbonyl (C=O) groups excluding carboxylic acids is 1. The number of carbonyl (C=O) groups is 1. The van der Waals surface area contributed by atoms with Gasteiger partial charge in [0.05, 0.1) is 24.9 Å². The molecule has 0 radical (unpaired) electrons. The summed E-state index contributed by atoms with van der Waals surface area (Å²) in [4.78, 5) is 12.1. The molecule has 3 N–H and O–H groups in total.